The van der Waals surface area contributed by atoms with Gasteiger partial charge >= 0.3 is 0 Å². The molecule has 0 bridgehead atoms. The maximum Gasteiger partial charge on any atom is 0.251 e. The van der Waals surface area contributed by atoms with Gasteiger partial charge in [0.25, 0.3) is 5.91 Å². The molecule has 0 aromatic heterocycles. The van der Waals surface area contributed by atoms with Gasteiger partial charge in [-0.05, 0) is 36.2 Å². The summed E-state index contributed by atoms with van der Waals surface area (Å²) in [7, 11) is 0. The molecule has 3 N–H and O–H groups in total. The molecule has 2 rings (SSSR count). The molecule has 0 saturated carbocycles. The highest BCUT2D eigenvalue weighted by Crippen LogP contribution is 2.10. The number of nitrogens with two attached hydrogens (primary N) is 1. The van der Waals surface area contributed by atoms with Crippen LogP contribution in [0.1, 0.15) is 27.0 Å². The topological polar surface area (TPSA) is 55.1 Å². The van der Waals surface area contributed by atoms with E-state index in [0.29, 0.717) is 22.7 Å². The summed E-state index contributed by atoms with van der Waals surface area (Å²) in [5.41, 5.74) is 8.12. The summed E-state index contributed by atoms with van der Waals surface area (Å²) in [5.74, 6) is -0.559. The van der Waals surface area contributed by atoms with Crippen molar-refractivity contribution in [3.05, 3.63) is 70.5 Å². The van der Waals surface area contributed by atoms with Crippen LogP contribution in [0, 0.1) is 12.7 Å². The van der Waals surface area contributed by atoms with Crippen LogP contribution < -0.4 is 11.1 Å². The summed E-state index contributed by atoms with van der Waals surface area (Å²) >= 11 is 4.88. The lowest BCUT2D eigenvalue weighted by Crippen LogP contribution is -2.23. The molecule has 5 heteroatoms. The molecule has 0 aliphatic carbocycles. The van der Waals surface area contributed by atoms with Crippen molar-refractivity contribution in [3.63, 3.8) is 0 Å². The number of hydrogen-bond donors (Lipinski definition) is 2. The second-order valence-corrected chi connectivity index (χ2v) is 5.15. The number of carbonyl (C=O) groups excluding carboxylic acids is 1. The van der Waals surface area contributed by atoms with Crippen molar-refractivity contribution in [1.82, 2.24) is 5.32 Å². The highest BCUT2D eigenvalue weighted by atomic mass is 32.1. The minimum Gasteiger partial charge on any atom is -0.389 e. The second-order valence-electron chi connectivity index (χ2n) is 4.71. The molecule has 0 fully saturated rings. The van der Waals surface area contributed by atoms with E-state index >= 15 is 0 Å². The fourth-order valence-corrected chi connectivity index (χ4v) is 1.99. The standard InChI is InChI=1S/C16H15FN2OS/c1-10-8-13(6-7-14(10)17)16(20)19-9-11-2-4-12(5-3-11)15(18)21/h2-8H,9H2,1H3,(H2,18,21)(H,19,20). The number of amides is 1. The number of hydrogen-bond acceptors (Lipinski definition) is 2. The normalized spacial score (nSPS) is 10.2. The number of thiocarbonyl (C=S) groups is 1. The Labute approximate surface area is 128 Å². The first-order valence-corrected chi connectivity index (χ1v) is 6.81. The molecule has 1 amide bonds. The number of aryl methyl sites for hydroxylation is 1. The summed E-state index contributed by atoms with van der Waals surface area (Å²) in [6, 6.07) is 11.6. The molecule has 0 saturated heterocycles. The Morgan fingerprint density at radius 2 is 1.81 bits per heavy atom. The first-order chi connectivity index (χ1) is 9.97. The third-order valence-electron chi connectivity index (χ3n) is 3.11. The largest absolute Gasteiger partial charge is 0.389 e. The van der Waals surface area contributed by atoms with Gasteiger partial charge in [-0.25, -0.2) is 4.39 Å². The monoisotopic (exact) mass is 302 g/mol. The molecule has 21 heavy (non-hydrogen) atoms. The van der Waals surface area contributed by atoms with E-state index in [1.54, 1.807) is 6.92 Å². The Balaban J connectivity index is 2.00. The fraction of sp³-hybridized carbons (Fsp3) is 0.125. The van der Waals surface area contributed by atoms with Crippen LogP contribution in [0.2, 0.25) is 0 Å². The zero-order chi connectivity index (χ0) is 15.4. The van der Waals surface area contributed by atoms with Crippen LogP contribution in [0.15, 0.2) is 42.5 Å². The van der Waals surface area contributed by atoms with E-state index in [0.717, 1.165) is 11.1 Å². The van der Waals surface area contributed by atoms with Crippen molar-refractivity contribution in [1.29, 1.82) is 0 Å². The zero-order valence-corrected chi connectivity index (χ0v) is 12.3. The molecular formula is C16H15FN2OS. The average Bonchev–Trinajstić information content (AvgIpc) is 2.48. The predicted octanol–water partition coefficient (Wildman–Crippen LogP) is 2.70. The average molecular weight is 302 g/mol. The lowest BCUT2D eigenvalue weighted by Gasteiger charge is -2.07. The first kappa shape index (κ1) is 15.1. The summed E-state index contributed by atoms with van der Waals surface area (Å²) in [6.45, 7) is 2.01. The van der Waals surface area contributed by atoms with Crippen LogP contribution in [0.3, 0.4) is 0 Å². The Kier molecular flexibility index (Phi) is 4.65. The molecular weight excluding hydrogens is 287 g/mol. The van der Waals surface area contributed by atoms with E-state index < -0.39 is 0 Å². The van der Waals surface area contributed by atoms with Gasteiger partial charge in [-0.3, -0.25) is 4.79 Å². The first-order valence-electron chi connectivity index (χ1n) is 6.40. The Morgan fingerprint density at radius 1 is 1.19 bits per heavy atom. The lowest BCUT2D eigenvalue weighted by molar-refractivity contribution is 0.0951. The van der Waals surface area contributed by atoms with Crippen molar-refractivity contribution < 1.29 is 9.18 Å². The van der Waals surface area contributed by atoms with Gasteiger partial charge in [0.1, 0.15) is 10.8 Å². The van der Waals surface area contributed by atoms with Gasteiger partial charge in [-0.1, -0.05) is 36.5 Å². The van der Waals surface area contributed by atoms with Gasteiger partial charge < -0.3 is 11.1 Å². The summed E-state index contributed by atoms with van der Waals surface area (Å²) in [4.78, 5) is 12.3. The van der Waals surface area contributed by atoms with Crippen LogP contribution in [-0.4, -0.2) is 10.9 Å². The van der Waals surface area contributed by atoms with Gasteiger partial charge in [0.2, 0.25) is 0 Å². The summed E-state index contributed by atoms with van der Waals surface area (Å²) < 4.78 is 13.2. The SMILES string of the molecule is Cc1cc(C(=O)NCc2ccc(C(N)=S)cc2)ccc1F. The van der Waals surface area contributed by atoms with Crippen molar-refractivity contribution in [3.8, 4) is 0 Å². The van der Waals surface area contributed by atoms with E-state index in [1.165, 1.54) is 18.2 Å². The van der Waals surface area contributed by atoms with Crippen LogP contribution >= 0.6 is 12.2 Å². The lowest BCUT2D eigenvalue weighted by atomic mass is 10.1. The molecule has 0 atom stereocenters. The predicted molar refractivity (Wildman–Crippen MR) is 84.6 cm³/mol. The molecule has 0 unspecified atom stereocenters. The van der Waals surface area contributed by atoms with Crippen molar-refractivity contribution in [2.75, 3.05) is 0 Å². The molecule has 2 aromatic rings. The number of rotatable bonds is 4. The molecule has 0 aliphatic rings. The molecule has 0 heterocycles. The molecule has 0 aliphatic heterocycles. The number of nitrogens with one attached hydrogen (secondary N) is 1. The number of benzene rings is 2. The maximum atomic E-state index is 13.2. The highest BCUT2D eigenvalue weighted by Gasteiger charge is 2.07. The number of halogens is 1. The maximum absolute atomic E-state index is 13.2. The van der Waals surface area contributed by atoms with Gasteiger partial charge in [-0.15, -0.1) is 0 Å². The molecule has 108 valence electrons. The number of carbonyl (C=O) groups is 1. The van der Waals surface area contributed by atoms with Gasteiger partial charge in [-0.2, -0.15) is 0 Å². The van der Waals surface area contributed by atoms with Crippen LogP contribution in [0.4, 0.5) is 4.39 Å². The van der Waals surface area contributed by atoms with Crippen LogP contribution in [0.5, 0.6) is 0 Å². The Bertz CT molecular complexity index is 683. The molecule has 2 aromatic carbocycles. The van der Waals surface area contributed by atoms with E-state index in [4.69, 9.17) is 18.0 Å². The Morgan fingerprint density at radius 3 is 2.38 bits per heavy atom. The third kappa shape index (κ3) is 3.86. The summed E-state index contributed by atoms with van der Waals surface area (Å²) in [5, 5.41) is 2.79. The van der Waals surface area contributed by atoms with Crippen LogP contribution in [0.25, 0.3) is 0 Å². The Hall–Kier alpha value is -2.27. The van der Waals surface area contributed by atoms with Crippen LogP contribution in [-0.2, 0) is 6.54 Å². The quantitative estimate of drug-likeness (QED) is 0.854. The van der Waals surface area contributed by atoms with E-state index in [1.807, 2.05) is 24.3 Å². The molecule has 0 spiro atoms. The van der Waals surface area contributed by atoms with Gasteiger partial charge in [0.05, 0.1) is 0 Å². The molecule has 3 nitrogen and oxygen atoms in total. The zero-order valence-electron chi connectivity index (χ0n) is 11.5. The van der Waals surface area contributed by atoms with Crippen molar-refractivity contribution in [2.24, 2.45) is 5.73 Å². The highest BCUT2D eigenvalue weighted by molar-refractivity contribution is 7.80. The molecule has 0 radical (unpaired) electrons. The smallest absolute Gasteiger partial charge is 0.251 e. The minimum absolute atomic E-state index is 0.239. The third-order valence-corrected chi connectivity index (χ3v) is 3.35. The van der Waals surface area contributed by atoms with Gasteiger partial charge in [0.15, 0.2) is 0 Å². The van der Waals surface area contributed by atoms with E-state index in [2.05, 4.69) is 5.32 Å². The second kappa shape index (κ2) is 6.45. The van der Waals surface area contributed by atoms with Crippen molar-refractivity contribution in [2.45, 2.75) is 13.5 Å². The van der Waals surface area contributed by atoms with Crippen molar-refractivity contribution >= 4 is 23.1 Å². The van der Waals surface area contributed by atoms with E-state index in [-0.39, 0.29) is 11.7 Å². The fourth-order valence-electron chi connectivity index (χ4n) is 1.86. The van der Waals surface area contributed by atoms with Gasteiger partial charge in [0, 0.05) is 17.7 Å². The van der Waals surface area contributed by atoms with E-state index in [9.17, 15) is 9.18 Å². The minimum atomic E-state index is -0.320. The summed E-state index contributed by atoms with van der Waals surface area (Å²) in [6.07, 6.45) is 0.